The molecule has 1 aliphatic heterocycles. The first kappa shape index (κ1) is 18.5. The summed E-state index contributed by atoms with van der Waals surface area (Å²) in [5, 5.41) is 8.52. The highest BCUT2D eigenvalue weighted by atomic mass is 16.7. The summed E-state index contributed by atoms with van der Waals surface area (Å²) in [6.07, 6.45) is 2.36. The highest BCUT2D eigenvalue weighted by Crippen LogP contribution is 2.38. The molecule has 1 aromatic rings. The highest BCUT2D eigenvalue weighted by molar-refractivity contribution is 6.55. The lowest BCUT2D eigenvalue weighted by Crippen LogP contribution is -2.41. The van der Waals surface area contributed by atoms with Gasteiger partial charge in [-0.25, -0.2) is 0 Å². The lowest BCUT2D eigenvalue weighted by molar-refractivity contribution is 0.00578. The van der Waals surface area contributed by atoms with Crippen LogP contribution in [0.4, 0.5) is 0 Å². The third-order valence-corrected chi connectivity index (χ3v) is 4.51. The van der Waals surface area contributed by atoms with Crippen molar-refractivity contribution in [2.24, 2.45) is 5.73 Å². The van der Waals surface area contributed by atoms with E-state index in [1.54, 1.807) is 0 Å². The van der Waals surface area contributed by atoms with E-state index in [1.165, 1.54) is 0 Å². The molecule has 0 unspecified atom stereocenters. The summed E-state index contributed by atoms with van der Waals surface area (Å²) in [5.41, 5.74) is 7.03. The molecule has 6 heteroatoms. The Bertz CT molecular complexity index is 617. The van der Waals surface area contributed by atoms with Gasteiger partial charge in [0, 0.05) is 6.54 Å². The topological polar surface area (TPSA) is 77.5 Å². The van der Waals surface area contributed by atoms with E-state index < -0.39 is 7.12 Å². The van der Waals surface area contributed by atoms with Crippen molar-refractivity contribution < 1.29 is 14.0 Å². The number of benzene rings is 1. The number of ether oxygens (including phenoxy) is 1. The molecule has 0 spiro atoms. The van der Waals surface area contributed by atoms with Gasteiger partial charge in [0.2, 0.25) is 0 Å². The fourth-order valence-electron chi connectivity index (χ4n) is 2.31. The predicted molar refractivity (Wildman–Crippen MR) is 95.3 cm³/mol. The Kier molecular flexibility index (Phi) is 5.71. The summed E-state index contributed by atoms with van der Waals surface area (Å²) in [6, 6.07) is 9.70. The second kappa shape index (κ2) is 7.39. The van der Waals surface area contributed by atoms with Crippen LogP contribution in [0.5, 0.6) is 5.75 Å². The molecule has 1 aliphatic rings. The van der Waals surface area contributed by atoms with Gasteiger partial charge in [-0.15, -0.1) is 0 Å². The molecular weight excluding hydrogens is 303 g/mol. The zero-order valence-electron chi connectivity index (χ0n) is 14.8. The fourth-order valence-corrected chi connectivity index (χ4v) is 2.31. The van der Waals surface area contributed by atoms with Gasteiger partial charge in [-0.05, 0) is 50.9 Å². The van der Waals surface area contributed by atoms with E-state index in [1.807, 2.05) is 58.0 Å². The molecule has 1 heterocycles. The third kappa shape index (κ3) is 4.18. The molecule has 0 atom stereocenters. The average Bonchev–Trinajstić information content (AvgIpc) is 2.74. The molecule has 1 saturated heterocycles. The molecular formula is C18H25BN2O3. The van der Waals surface area contributed by atoms with Gasteiger partial charge < -0.3 is 19.8 Å². The van der Waals surface area contributed by atoms with Crippen LogP contribution in [0.25, 0.3) is 6.08 Å². The van der Waals surface area contributed by atoms with Gasteiger partial charge in [-0.3, -0.25) is 0 Å². The van der Waals surface area contributed by atoms with Crippen molar-refractivity contribution in [1.82, 2.24) is 0 Å². The van der Waals surface area contributed by atoms with Crippen LogP contribution in [0.2, 0.25) is 0 Å². The van der Waals surface area contributed by atoms with Crippen molar-refractivity contribution >= 4 is 13.2 Å². The Hall–Kier alpha value is -1.81. The van der Waals surface area contributed by atoms with Gasteiger partial charge in [0.15, 0.2) is 0 Å². The minimum absolute atomic E-state index is 0.358. The summed E-state index contributed by atoms with van der Waals surface area (Å²) in [7, 11) is -0.438. The monoisotopic (exact) mass is 328 g/mol. The second-order valence-corrected chi connectivity index (χ2v) is 6.84. The quantitative estimate of drug-likeness (QED) is 0.642. The average molecular weight is 328 g/mol. The molecule has 0 saturated carbocycles. The van der Waals surface area contributed by atoms with E-state index in [-0.39, 0.29) is 11.2 Å². The van der Waals surface area contributed by atoms with Gasteiger partial charge in [0.25, 0.3) is 0 Å². The van der Waals surface area contributed by atoms with Crippen LogP contribution in [-0.2, 0) is 9.31 Å². The van der Waals surface area contributed by atoms with Crippen LogP contribution in [0.15, 0.2) is 29.7 Å². The number of nitrogens with zero attached hydrogens (tertiary/aromatic N) is 1. The van der Waals surface area contributed by atoms with Crippen LogP contribution in [0.1, 0.15) is 39.7 Å². The summed E-state index contributed by atoms with van der Waals surface area (Å²) in [6.45, 7) is 8.84. The minimum Gasteiger partial charge on any atom is -0.493 e. The maximum atomic E-state index is 8.52. The maximum Gasteiger partial charge on any atom is 0.491 e. The molecule has 0 aromatic heterocycles. The Labute approximate surface area is 144 Å². The van der Waals surface area contributed by atoms with Gasteiger partial charge in [0.1, 0.15) is 12.4 Å². The molecule has 0 amide bonds. The van der Waals surface area contributed by atoms with Crippen LogP contribution >= 0.6 is 0 Å². The first-order valence-corrected chi connectivity index (χ1v) is 8.15. The van der Waals surface area contributed by atoms with E-state index in [0.717, 1.165) is 16.8 Å². The van der Waals surface area contributed by atoms with E-state index in [2.05, 4.69) is 6.07 Å². The van der Waals surface area contributed by atoms with Crippen molar-refractivity contribution in [2.75, 3.05) is 13.2 Å². The van der Waals surface area contributed by atoms with E-state index in [9.17, 15) is 0 Å². The zero-order valence-corrected chi connectivity index (χ0v) is 14.8. The van der Waals surface area contributed by atoms with Crippen molar-refractivity contribution in [3.05, 3.63) is 35.3 Å². The molecule has 1 fully saturated rings. The molecule has 5 nitrogen and oxygen atoms in total. The van der Waals surface area contributed by atoms with Crippen molar-refractivity contribution in [3.63, 3.8) is 0 Å². The summed E-state index contributed by atoms with van der Waals surface area (Å²) >= 11 is 0. The van der Waals surface area contributed by atoms with Gasteiger partial charge in [0.05, 0.1) is 23.7 Å². The van der Waals surface area contributed by atoms with Crippen molar-refractivity contribution in [3.8, 4) is 11.8 Å². The lowest BCUT2D eigenvalue weighted by Gasteiger charge is -2.32. The maximum absolute atomic E-state index is 8.52. The molecule has 1 aromatic carbocycles. The molecule has 24 heavy (non-hydrogen) atoms. The highest BCUT2D eigenvalue weighted by Gasteiger charge is 2.52. The third-order valence-electron chi connectivity index (χ3n) is 4.51. The number of hydrogen-bond acceptors (Lipinski definition) is 5. The number of nitriles is 1. The van der Waals surface area contributed by atoms with Crippen LogP contribution < -0.4 is 10.5 Å². The van der Waals surface area contributed by atoms with Gasteiger partial charge in [-0.2, -0.15) is 5.26 Å². The predicted octanol–water partition coefficient (Wildman–Crippen LogP) is 2.95. The Morgan fingerprint density at radius 3 is 2.29 bits per heavy atom. The summed E-state index contributed by atoms with van der Waals surface area (Å²) < 4.78 is 17.6. The van der Waals surface area contributed by atoms with Crippen molar-refractivity contribution in [1.29, 1.82) is 5.26 Å². The van der Waals surface area contributed by atoms with Crippen LogP contribution in [-0.4, -0.2) is 31.5 Å². The van der Waals surface area contributed by atoms with Crippen molar-refractivity contribution in [2.45, 2.75) is 45.3 Å². The van der Waals surface area contributed by atoms with E-state index in [4.69, 9.17) is 25.0 Å². The Morgan fingerprint density at radius 2 is 1.79 bits per heavy atom. The molecule has 2 N–H and O–H groups in total. The second-order valence-electron chi connectivity index (χ2n) is 6.84. The van der Waals surface area contributed by atoms with Crippen LogP contribution in [0, 0.1) is 11.3 Å². The lowest BCUT2D eigenvalue weighted by atomic mass is 9.77. The number of nitrogens with two attached hydrogens (primary N) is 1. The van der Waals surface area contributed by atoms with E-state index in [0.29, 0.717) is 19.6 Å². The Morgan fingerprint density at radius 1 is 1.21 bits per heavy atom. The number of rotatable bonds is 6. The zero-order chi connectivity index (χ0) is 17.8. The minimum atomic E-state index is -0.438. The molecule has 2 rings (SSSR count). The smallest absolute Gasteiger partial charge is 0.491 e. The fraction of sp³-hybridized carbons (Fsp3) is 0.500. The largest absolute Gasteiger partial charge is 0.493 e. The van der Waals surface area contributed by atoms with Gasteiger partial charge in [-0.1, -0.05) is 18.2 Å². The molecule has 128 valence electrons. The Balaban J connectivity index is 2.10. The molecule has 0 bridgehead atoms. The first-order valence-electron chi connectivity index (χ1n) is 8.15. The summed E-state index contributed by atoms with van der Waals surface area (Å²) in [4.78, 5) is 0. The first-order chi connectivity index (χ1) is 11.3. The normalized spacial score (nSPS) is 19.2. The summed E-state index contributed by atoms with van der Waals surface area (Å²) in [5.74, 6) is 0.743. The van der Waals surface area contributed by atoms with Gasteiger partial charge >= 0.3 is 7.12 Å². The van der Waals surface area contributed by atoms with Crippen LogP contribution in [0.3, 0.4) is 0 Å². The number of hydrogen-bond donors (Lipinski definition) is 1. The SMILES string of the molecule is CC1(C)OB(C(=Cc2ccc(OCCC#N)cc2)CN)OC1(C)C. The van der Waals surface area contributed by atoms with E-state index >= 15 is 0 Å². The molecule has 0 aliphatic carbocycles. The molecule has 0 radical (unpaired) electrons. The standard InChI is InChI=1S/C18H25BN2O3/c1-17(2)18(3,4)24-19(23-17)15(13-21)12-14-6-8-16(9-7-14)22-11-5-10-20/h6-9,12H,5,11,13,21H2,1-4H3.